The van der Waals surface area contributed by atoms with Crippen molar-refractivity contribution in [3.63, 3.8) is 0 Å². The number of ether oxygens (including phenoxy) is 1. The Bertz CT molecular complexity index is 1770. The van der Waals surface area contributed by atoms with E-state index in [4.69, 9.17) is 19.7 Å². The zero-order chi connectivity index (χ0) is 26.8. The summed E-state index contributed by atoms with van der Waals surface area (Å²) >= 11 is 3.63. The molecule has 39 heavy (non-hydrogen) atoms. The molecule has 6 rings (SSSR count). The third kappa shape index (κ3) is 4.73. The van der Waals surface area contributed by atoms with E-state index in [0.717, 1.165) is 49.2 Å². The van der Waals surface area contributed by atoms with Crippen LogP contribution >= 0.6 is 15.9 Å². The van der Waals surface area contributed by atoms with Gasteiger partial charge in [0.1, 0.15) is 11.5 Å². The molecule has 0 bridgehead atoms. The summed E-state index contributed by atoms with van der Waals surface area (Å²) in [6, 6.07) is 30.5. The first-order valence-electron chi connectivity index (χ1n) is 12.6. The molecule has 1 aromatic heterocycles. The van der Waals surface area contributed by atoms with Gasteiger partial charge >= 0.3 is 0 Å². The number of rotatable bonds is 5. The molecule has 0 N–H and O–H groups in total. The van der Waals surface area contributed by atoms with Crippen LogP contribution in [0.1, 0.15) is 12.7 Å². The van der Waals surface area contributed by atoms with Gasteiger partial charge in [0.2, 0.25) is 0 Å². The first-order valence-corrected chi connectivity index (χ1v) is 13.4. The van der Waals surface area contributed by atoms with Crippen molar-refractivity contribution in [1.82, 2.24) is 15.0 Å². The number of para-hydroxylation sites is 1. The van der Waals surface area contributed by atoms with E-state index in [0.29, 0.717) is 23.2 Å². The lowest BCUT2D eigenvalue weighted by Crippen LogP contribution is -2.03. The van der Waals surface area contributed by atoms with E-state index in [1.807, 2.05) is 79.7 Å². The van der Waals surface area contributed by atoms with Crippen molar-refractivity contribution in [2.45, 2.75) is 6.92 Å². The Morgan fingerprint density at radius 2 is 1.44 bits per heavy atom. The van der Waals surface area contributed by atoms with Gasteiger partial charge in [0.05, 0.1) is 5.56 Å². The molecule has 0 saturated heterocycles. The van der Waals surface area contributed by atoms with E-state index in [1.165, 1.54) is 0 Å². The van der Waals surface area contributed by atoms with Crippen LogP contribution in [0, 0.1) is 0 Å². The quantitative estimate of drug-likeness (QED) is 0.194. The average molecular weight is 570 g/mol. The van der Waals surface area contributed by atoms with Crippen molar-refractivity contribution in [2.24, 2.45) is 0 Å². The molecule has 4 nitrogen and oxygen atoms in total. The van der Waals surface area contributed by atoms with E-state index in [1.54, 1.807) is 6.08 Å². The lowest BCUT2D eigenvalue weighted by molar-refractivity contribution is 0.489. The van der Waals surface area contributed by atoms with Gasteiger partial charge < -0.3 is 4.74 Å². The lowest BCUT2D eigenvalue weighted by Gasteiger charge is -2.15. The number of hydrogen-bond acceptors (Lipinski definition) is 4. The van der Waals surface area contributed by atoms with Gasteiger partial charge in [0.15, 0.2) is 17.5 Å². The summed E-state index contributed by atoms with van der Waals surface area (Å²) in [6.45, 7) is 5.97. The summed E-state index contributed by atoms with van der Waals surface area (Å²) in [5.41, 5.74) is 6.68. The van der Waals surface area contributed by atoms with Crippen LogP contribution in [0.15, 0.2) is 126 Å². The molecule has 5 aromatic rings. The second-order valence-corrected chi connectivity index (χ2v) is 9.91. The van der Waals surface area contributed by atoms with Gasteiger partial charge in [0, 0.05) is 26.7 Å². The molecule has 1 aliphatic rings. The topological polar surface area (TPSA) is 47.9 Å². The Kier molecular flexibility index (Phi) is 6.74. The van der Waals surface area contributed by atoms with Gasteiger partial charge in [-0.3, -0.25) is 0 Å². The third-order valence-corrected chi connectivity index (χ3v) is 7.02. The zero-order valence-electron chi connectivity index (χ0n) is 21.3. The van der Waals surface area contributed by atoms with E-state index in [-0.39, 0.29) is 0 Å². The molecule has 0 radical (unpaired) electrons. The Morgan fingerprint density at radius 3 is 2.21 bits per heavy atom. The number of halogens is 1. The van der Waals surface area contributed by atoms with Crippen molar-refractivity contribution in [3.8, 4) is 56.5 Å². The lowest BCUT2D eigenvalue weighted by atomic mass is 9.93. The third-order valence-electron chi connectivity index (χ3n) is 6.53. The highest BCUT2D eigenvalue weighted by Crippen LogP contribution is 2.50. The molecule has 4 aromatic carbocycles. The second kappa shape index (κ2) is 10.6. The van der Waals surface area contributed by atoms with Crippen molar-refractivity contribution < 1.29 is 4.74 Å². The normalized spacial score (nSPS) is 12.2. The van der Waals surface area contributed by atoms with E-state index in [9.17, 15) is 0 Å². The maximum absolute atomic E-state index is 6.70. The van der Waals surface area contributed by atoms with Crippen LogP contribution in [-0.4, -0.2) is 15.0 Å². The fourth-order valence-corrected chi connectivity index (χ4v) is 5.04. The molecular formula is C34H24BrN3O. The fraction of sp³-hybridized carbons (Fsp3) is 0.0294. The monoisotopic (exact) mass is 569 g/mol. The van der Waals surface area contributed by atoms with Crippen LogP contribution in [0.25, 0.3) is 50.6 Å². The molecular weight excluding hydrogens is 546 g/mol. The summed E-state index contributed by atoms with van der Waals surface area (Å²) < 4.78 is 7.69. The highest BCUT2D eigenvalue weighted by Gasteiger charge is 2.25. The number of benzene rings is 4. The van der Waals surface area contributed by atoms with Gasteiger partial charge in [-0.2, -0.15) is 0 Å². The summed E-state index contributed by atoms with van der Waals surface area (Å²) in [5, 5.41) is 0. The Balaban J connectivity index is 1.62. The van der Waals surface area contributed by atoms with Crippen LogP contribution in [0.4, 0.5) is 0 Å². The smallest absolute Gasteiger partial charge is 0.167 e. The standard InChI is InChI=1S/C34H24BrN3O/c1-3-5-12-22(4-2)32-36-33(23-13-7-6-8-14-23)38-34(37-32)28-18-11-17-27-25-15-9-10-16-26(25)29-21-24(35)19-20-30(29)39-31(27)28/h3-21H,2H2,1H3. The molecule has 0 saturated carbocycles. The van der Waals surface area contributed by atoms with Crippen LogP contribution in [0.5, 0.6) is 11.5 Å². The molecule has 0 atom stereocenters. The summed E-state index contributed by atoms with van der Waals surface area (Å²) in [6.07, 6.45) is 7.63. The number of hydrogen-bond donors (Lipinski definition) is 0. The highest BCUT2D eigenvalue weighted by atomic mass is 79.9. The predicted molar refractivity (Wildman–Crippen MR) is 162 cm³/mol. The first-order chi connectivity index (χ1) is 19.2. The summed E-state index contributed by atoms with van der Waals surface area (Å²) in [4.78, 5) is 14.7. The minimum Gasteiger partial charge on any atom is -0.455 e. The Labute approximate surface area is 236 Å². The second-order valence-electron chi connectivity index (χ2n) is 8.99. The van der Waals surface area contributed by atoms with E-state index >= 15 is 0 Å². The minimum atomic E-state index is 0.530. The zero-order valence-corrected chi connectivity index (χ0v) is 22.9. The number of allylic oxidation sites excluding steroid dienone is 5. The molecule has 0 aliphatic carbocycles. The number of fused-ring (bicyclic) bond motifs is 5. The highest BCUT2D eigenvalue weighted by molar-refractivity contribution is 9.10. The molecule has 0 unspecified atom stereocenters. The first kappa shape index (κ1) is 24.7. The van der Waals surface area contributed by atoms with E-state index in [2.05, 4.69) is 58.9 Å². The molecule has 1 aliphatic heterocycles. The number of nitrogens with zero attached hydrogens (tertiary/aromatic N) is 3. The van der Waals surface area contributed by atoms with Crippen molar-refractivity contribution in [2.75, 3.05) is 0 Å². The van der Waals surface area contributed by atoms with Crippen molar-refractivity contribution >= 4 is 21.5 Å². The molecule has 2 heterocycles. The van der Waals surface area contributed by atoms with E-state index < -0.39 is 0 Å². The van der Waals surface area contributed by atoms with Gasteiger partial charge in [0.25, 0.3) is 0 Å². The van der Waals surface area contributed by atoms with Crippen molar-refractivity contribution in [3.05, 3.63) is 132 Å². The molecule has 0 fully saturated rings. The molecule has 5 heteroatoms. The molecule has 0 spiro atoms. The van der Waals surface area contributed by atoms with Crippen LogP contribution in [-0.2, 0) is 0 Å². The summed E-state index contributed by atoms with van der Waals surface area (Å²) in [5.74, 6) is 3.14. The largest absolute Gasteiger partial charge is 0.455 e. The molecule has 0 amide bonds. The van der Waals surface area contributed by atoms with Gasteiger partial charge in [-0.25, -0.2) is 15.0 Å². The van der Waals surface area contributed by atoms with Crippen LogP contribution in [0.2, 0.25) is 0 Å². The SMILES string of the molecule is C=CC(=CC=CC)c1nc(-c2ccccc2)nc(-c2cccc3c2Oc2ccc(Br)cc2-c2ccccc2-3)n1. The van der Waals surface area contributed by atoms with Gasteiger partial charge in [-0.1, -0.05) is 114 Å². The Morgan fingerprint density at radius 1 is 0.744 bits per heavy atom. The number of aromatic nitrogens is 3. The maximum atomic E-state index is 6.70. The van der Waals surface area contributed by atoms with Crippen LogP contribution < -0.4 is 4.74 Å². The fourth-order valence-electron chi connectivity index (χ4n) is 4.68. The molecule has 188 valence electrons. The summed E-state index contributed by atoms with van der Waals surface area (Å²) in [7, 11) is 0. The Hall–Kier alpha value is -4.61. The van der Waals surface area contributed by atoms with Gasteiger partial charge in [-0.15, -0.1) is 0 Å². The maximum Gasteiger partial charge on any atom is 0.167 e. The van der Waals surface area contributed by atoms with Crippen molar-refractivity contribution in [1.29, 1.82) is 0 Å². The minimum absolute atomic E-state index is 0.530. The average Bonchev–Trinajstić information content (AvgIpc) is 3.12. The van der Waals surface area contributed by atoms with Crippen LogP contribution in [0.3, 0.4) is 0 Å². The van der Waals surface area contributed by atoms with Gasteiger partial charge in [-0.05, 0) is 42.3 Å². The predicted octanol–water partition coefficient (Wildman–Crippen LogP) is 9.55.